The number of esters is 1. The van der Waals surface area contributed by atoms with Crippen LogP contribution in [-0.4, -0.2) is 79.0 Å². The van der Waals surface area contributed by atoms with Gasteiger partial charge in [-0.25, -0.2) is 0 Å². The highest BCUT2D eigenvalue weighted by atomic mass is 16.5. The highest BCUT2D eigenvalue weighted by molar-refractivity contribution is 5.95. The molecule has 0 saturated carbocycles. The molecule has 11 heteroatoms. The lowest BCUT2D eigenvalue weighted by atomic mass is 9.87. The monoisotopic (exact) mass is 504 g/mol. The number of ether oxygens (including phenoxy) is 1. The number of carbonyl (C=O) groups is 5. The topological polar surface area (TPSA) is 154 Å². The number of nitrogens with one attached hydrogen (secondary N) is 3. The van der Waals surface area contributed by atoms with Crippen molar-refractivity contribution in [1.29, 1.82) is 0 Å². The van der Waals surface area contributed by atoms with Crippen molar-refractivity contribution in [3.8, 4) is 0 Å². The zero-order chi connectivity index (χ0) is 26.7. The summed E-state index contributed by atoms with van der Waals surface area (Å²) in [5.41, 5.74) is 2.37. The minimum absolute atomic E-state index is 0.0814. The van der Waals surface area contributed by atoms with Crippen molar-refractivity contribution in [3.05, 3.63) is 35.4 Å². The first-order valence-electron chi connectivity index (χ1n) is 12.1. The second kappa shape index (κ2) is 14.2. The van der Waals surface area contributed by atoms with Crippen LogP contribution >= 0.6 is 0 Å². The first-order valence-corrected chi connectivity index (χ1v) is 12.1. The minimum Gasteiger partial charge on any atom is -0.483 e. The van der Waals surface area contributed by atoms with Crippen molar-refractivity contribution in [3.63, 3.8) is 0 Å². The van der Waals surface area contributed by atoms with Crippen LogP contribution in [0.2, 0.25) is 0 Å². The van der Waals surface area contributed by atoms with E-state index in [2.05, 4.69) is 22.0 Å². The summed E-state index contributed by atoms with van der Waals surface area (Å²) in [5, 5.41) is 15.5. The Kier molecular flexibility index (Phi) is 11.3. The number of rotatable bonds is 8. The fourth-order valence-electron chi connectivity index (χ4n) is 4.55. The van der Waals surface area contributed by atoms with E-state index >= 15 is 0 Å². The molecule has 36 heavy (non-hydrogen) atoms. The maximum absolute atomic E-state index is 13.4. The van der Waals surface area contributed by atoms with Gasteiger partial charge in [0.15, 0.2) is 0 Å². The minimum atomic E-state index is -1.09. The molecule has 1 saturated heterocycles. The van der Waals surface area contributed by atoms with Gasteiger partial charge in [-0.05, 0) is 57.2 Å². The molecule has 198 valence electrons. The Morgan fingerprint density at radius 2 is 1.89 bits per heavy atom. The first kappa shape index (κ1) is 28.8. The van der Waals surface area contributed by atoms with E-state index in [1.807, 2.05) is 18.2 Å². The van der Waals surface area contributed by atoms with Crippen LogP contribution in [0.15, 0.2) is 24.3 Å². The van der Waals surface area contributed by atoms with Crippen molar-refractivity contribution in [1.82, 2.24) is 20.9 Å². The fourth-order valence-corrected chi connectivity index (χ4v) is 4.55. The largest absolute Gasteiger partial charge is 0.483 e. The number of carboxylic acid groups (broad SMARTS) is 1. The van der Waals surface area contributed by atoms with E-state index in [4.69, 9.17) is 14.6 Å². The quantitative estimate of drug-likeness (QED) is 0.295. The molecule has 0 spiro atoms. The lowest BCUT2D eigenvalue weighted by Crippen LogP contribution is -2.56. The normalized spacial score (nSPS) is 20.0. The van der Waals surface area contributed by atoms with Crippen molar-refractivity contribution < 1.29 is 33.8 Å². The summed E-state index contributed by atoms with van der Waals surface area (Å²) in [6, 6.07) is 5.76. The number of likely N-dealkylation sites (tertiary alicyclic amines) is 1. The Balaban J connectivity index is 0.00000145. The Labute approximate surface area is 210 Å². The van der Waals surface area contributed by atoms with E-state index in [1.54, 1.807) is 14.0 Å². The van der Waals surface area contributed by atoms with Crippen LogP contribution in [0, 0.1) is 0 Å². The molecule has 0 radical (unpaired) electrons. The van der Waals surface area contributed by atoms with Crippen LogP contribution < -0.4 is 16.0 Å². The molecule has 4 atom stereocenters. The molecule has 0 bridgehead atoms. The Morgan fingerprint density at radius 1 is 1.19 bits per heavy atom. The summed E-state index contributed by atoms with van der Waals surface area (Å²) in [5.74, 6) is -1.66. The summed E-state index contributed by atoms with van der Waals surface area (Å²) >= 11 is 0. The lowest BCUT2D eigenvalue weighted by Gasteiger charge is -2.31. The number of nitrogens with zero attached hydrogens (tertiary/aromatic N) is 1. The average molecular weight is 505 g/mol. The molecule has 11 nitrogen and oxygen atoms in total. The molecule has 0 aromatic heterocycles. The molecule has 1 heterocycles. The summed E-state index contributed by atoms with van der Waals surface area (Å²) in [7, 11) is 2.86. The Bertz CT molecular complexity index is 939. The van der Waals surface area contributed by atoms with Crippen molar-refractivity contribution >= 4 is 30.2 Å². The molecule has 1 fully saturated rings. The Morgan fingerprint density at radius 3 is 2.56 bits per heavy atom. The van der Waals surface area contributed by atoms with Crippen molar-refractivity contribution in [2.24, 2.45) is 0 Å². The van der Waals surface area contributed by atoms with Gasteiger partial charge in [-0.3, -0.25) is 24.0 Å². The van der Waals surface area contributed by atoms with E-state index in [9.17, 15) is 19.2 Å². The van der Waals surface area contributed by atoms with E-state index in [0.717, 1.165) is 24.8 Å². The van der Waals surface area contributed by atoms with E-state index in [1.165, 1.54) is 17.6 Å². The third-order valence-corrected chi connectivity index (χ3v) is 6.56. The van der Waals surface area contributed by atoms with Crippen LogP contribution in [0.4, 0.5) is 0 Å². The molecule has 2 aliphatic rings. The smallest absolute Gasteiger partial charge is 0.308 e. The number of likely N-dealkylation sites (N-methyl/N-ethyl adjacent to an activating group) is 1. The van der Waals surface area contributed by atoms with Gasteiger partial charge in [0.25, 0.3) is 6.47 Å². The van der Waals surface area contributed by atoms with E-state index in [0.29, 0.717) is 19.4 Å². The molecular weight excluding hydrogens is 468 g/mol. The predicted octanol–water partition coefficient (Wildman–Crippen LogP) is 0.528. The van der Waals surface area contributed by atoms with Gasteiger partial charge in [0.1, 0.15) is 12.1 Å². The second-order valence-electron chi connectivity index (χ2n) is 8.80. The number of fused-ring (bicyclic) bond motifs is 1. The number of hydrogen-bond acceptors (Lipinski definition) is 7. The maximum atomic E-state index is 13.4. The zero-order valence-electron chi connectivity index (χ0n) is 21.0. The number of benzene rings is 1. The van der Waals surface area contributed by atoms with Gasteiger partial charge in [-0.15, -0.1) is 0 Å². The van der Waals surface area contributed by atoms with Gasteiger partial charge in [-0.1, -0.05) is 24.3 Å². The molecule has 1 aliphatic heterocycles. The highest BCUT2D eigenvalue weighted by Crippen LogP contribution is 2.30. The molecule has 1 aliphatic carbocycles. The summed E-state index contributed by atoms with van der Waals surface area (Å²) in [6.45, 7) is 1.80. The molecule has 4 N–H and O–H groups in total. The molecule has 1 aromatic carbocycles. The van der Waals surface area contributed by atoms with Crippen molar-refractivity contribution in [2.75, 3.05) is 20.7 Å². The van der Waals surface area contributed by atoms with Gasteiger partial charge in [0.05, 0.1) is 25.6 Å². The number of carbonyl (C=O) groups excluding carboxylic acids is 4. The fraction of sp³-hybridized carbons (Fsp3) is 0.560. The van der Waals surface area contributed by atoms with Crippen LogP contribution in [-0.2, 0) is 35.1 Å². The summed E-state index contributed by atoms with van der Waals surface area (Å²) in [6.07, 6.45) is 3.77. The summed E-state index contributed by atoms with van der Waals surface area (Å²) in [4.78, 5) is 60.7. The first-order chi connectivity index (χ1) is 17.3. The lowest BCUT2D eigenvalue weighted by molar-refractivity contribution is -0.147. The SMILES string of the molecule is CN[C@@H](C)C(=O)N[C@@H](CC(=O)OC)C(=O)N1CCC[C@H]1C(=O)NC1CCCc2ccccc21.O=CO. The third-order valence-electron chi connectivity index (χ3n) is 6.56. The van der Waals surface area contributed by atoms with Gasteiger partial charge in [0, 0.05) is 6.54 Å². The van der Waals surface area contributed by atoms with E-state index in [-0.39, 0.29) is 24.8 Å². The number of methoxy groups -OCH3 is 1. The Hall–Kier alpha value is -3.47. The zero-order valence-corrected chi connectivity index (χ0v) is 21.0. The maximum Gasteiger partial charge on any atom is 0.308 e. The van der Waals surface area contributed by atoms with Gasteiger partial charge in [-0.2, -0.15) is 0 Å². The van der Waals surface area contributed by atoms with Gasteiger partial charge < -0.3 is 30.7 Å². The summed E-state index contributed by atoms with van der Waals surface area (Å²) < 4.78 is 4.71. The number of aryl methyl sites for hydroxylation is 1. The molecule has 3 rings (SSSR count). The number of hydrogen-bond donors (Lipinski definition) is 4. The van der Waals surface area contributed by atoms with E-state index < -0.39 is 35.9 Å². The third kappa shape index (κ3) is 7.51. The van der Waals surface area contributed by atoms with Crippen LogP contribution in [0.25, 0.3) is 0 Å². The molecule has 3 amide bonds. The van der Waals surface area contributed by atoms with Crippen molar-refractivity contribution in [2.45, 2.75) is 69.6 Å². The predicted molar refractivity (Wildman–Crippen MR) is 131 cm³/mol. The van der Waals surface area contributed by atoms with Crippen LogP contribution in [0.3, 0.4) is 0 Å². The van der Waals surface area contributed by atoms with Gasteiger partial charge in [0.2, 0.25) is 17.7 Å². The highest BCUT2D eigenvalue weighted by Gasteiger charge is 2.39. The molecular formula is C25H36N4O7. The molecule has 1 aromatic rings. The van der Waals surface area contributed by atoms with Crippen LogP contribution in [0.1, 0.15) is 56.2 Å². The standard InChI is InChI=1S/C24H34N4O5.CH2O2/c1-15(25-2)22(30)27-19(14-21(29)33-3)24(32)28-13-7-12-20(28)23(31)26-18-11-6-9-16-8-4-5-10-17(16)18;2-1-3/h4-5,8,10,15,18-20,25H,6-7,9,11-14H2,1-3H3,(H,26,31)(H,27,30);1H,(H,2,3)/t15-,18?,19-,20-;/m0./s1. The van der Waals surface area contributed by atoms with Gasteiger partial charge >= 0.3 is 5.97 Å². The average Bonchev–Trinajstić information content (AvgIpc) is 3.38. The molecule has 1 unspecified atom stereocenters. The number of amides is 3. The van der Waals surface area contributed by atoms with Crippen LogP contribution in [0.5, 0.6) is 0 Å². The second-order valence-corrected chi connectivity index (χ2v) is 8.80.